The van der Waals surface area contributed by atoms with Crippen molar-refractivity contribution in [2.24, 2.45) is 0 Å². The Morgan fingerprint density at radius 2 is 1.82 bits per heavy atom. The maximum Gasteiger partial charge on any atom is 0.108 e. The number of aromatic nitrogens is 1. The molecule has 1 aromatic heterocycles. The summed E-state index contributed by atoms with van der Waals surface area (Å²) in [5.41, 5.74) is 3.59. The number of anilines is 2. The first-order valence-corrected chi connectivity index (χ1v) is 10.8. The van der Waals surface area contributed by atoms with E-state index in [0.29, 0.717) is 0 Å². The summed E-state index contributed by atoms with van der Waals surface area (Å²) in [7, 11) is 4.19. The number of fused-ring (bicyclic) bond motifs is 1. The summed E-state index contributed by atoms with van der Waals surface area (Å²) < 4.78 is 1.27. The van der Waals surface area contributed by atoms with Crippen molar-refractivity contribution in [3.8, 4) is 0 Å². The van der Waals surface area contributed by atoms with Gasteiger partial charge in [-0.2, -0.15) is 0 Å². The van der Waals surface area contributed by atoms with E-state index in [-0.39, 0.29) is 0 Å². The van der Waals surface area contributed by atoms with Crippen LogP contribution < -0.4 is 10.2 Å². The van der Waals surface area contributed by atoms with Crippen LogP contribution in [0.1, 0.15) is 5.01 Å². The first kappa shape index (κ1) is 19.2. The van der Waals surface area contributed by atoms with Gasteiger partial charge in [0.05, 0.1) is 16.8 Å². The zero-order valence-electron chi connectivity index (χ0n) is 16.8. The van der Waals surface area contributed by atoms with E-state index < -0.39 is 0 Å². The molecule has 3 aromatic rings. The van der Waals surface area contributed by atoms with Crippen molar-refractivity contribution in [2.75, 3.05) is 63.6 Å². The number of piperazine rings is 1. The van der Waals surface area contributed by atoms with Crippen LogP contribution in [0.25, 0.3) is 10.2 Å². The Morgan fingerprint density at radius 3 is 2.57 bits per heavy atom. The first-order chi connectivity index (χ1) is 13.7. The molecule has 5 nitrogen and oxygen atoms in total. The van der Waals surface area contributed by atoms with E-state index in [2.05, 4.69) is 82.6 Å². The van der Waals surface area contributed by atoms with Gasteiger partial charge in [-0.15, -0.1) is 11.3 Å². The molecule has 0 spiro atoms. The molecule has 2 aromatic carbocycles. The summed E-state index contributed by atoms with van der Waals surface area (Å²) in [5.74, 6) is 0. The molecule has 1 N–H and O–H groups in total. The highest BCUT2D eigenvalue weighted by Gasteiger charge is 2.18. The average molecular weight is 396 g/mol. The molecule has 28 heavy (non-hydrogen) atoms. The van der Waals surface area contributed by atoms with Gasteiger partial charge in [0.25, 0.3) is 0 Å². The van der Waals surface area contributed by atoms with Crippen LogP contribution in [0, 0.1) is 0 Å². The summed E-state index contributed by atoms with van der Waals surface area (Å²) in [5, 5.41) is 4.70. The molecule has 1 aliphatic rings. The molecule has 1 aliphatic heterocycles. The van der Waals surface area contributed by atoms with E-state index in [0.717, 1.165) is 57.0 Å². The van der Waals surface area contributed by atoms with E-state index in [4.69, 9.17) is 4.98 Å². The van der Waals surface area contributed by atoms with Gasteiger partial charge in [-0.25, -0.2) is 4.98 Å². The minimum Gasteiger partial charge on any atom is -0.384 e. The van der Waals surface area contributed by atoms with Gasteiger partial charge in [0.15, 0.2) is 0 Å². The Hall–Kier alpha value is -2.15. The number of likely N-dealkylation sites (N-methyl/N-ethyl adjacent to an activating group) is 1. The van der Waals surface area contributed by atoms with Crippen LogP contribution in [-0.4, -0.2) is 68.1 Å². The summed E-state index contributed by atoms with van der Waals surface area (Å²) >= 11 is 1.82. The van der Waals surface area contributed by atoms with Crippen LogP contribution in [0.3, 0.4) is 0 Å². The zero-order chi connectivity index (χ0) is 19.3. The van der Waals surface area contributed by atoms with Crippen LogP contribution in [0.15, 0.2) is 48.5 Å². The maximum absolute atomic E-state index is 4.90. The molecule has 148 valence electrons. The number of nitrogens with one attached hydrogen (secondary N) is 1. The lowest BCUT2D eigenvalue weighted by molar-refractivity contribution is 0.249. The van der Waals surface area contributed by atoms with E-state index in [1.54, 1.807) is 0 Å². The third kappa shape index (κ3) is 4.82. The number of nitrogens with zero attached hydrogens (tertiary/aromatic N) is 4. The molecular formula is C22H29N5S. The highest BCUT2D eigenvalue weighted by Crippen LogP contribution is 2.26. The summed E-state index contributed by atoms with van der Waals surface area (Å²) in [6, 6.07) is 17.3. The molecule has 0 aliphatic carbocycles. The zero-order valence-corrected chi connectivity index (χ0v) is 17.6. The largest absolute Gasteiger partial charge is 0.384 e. The monoisotopic (exact) mass is 395 g/mol. The molecule has 2 heterocycles. The van der Waals surface area contributed by atoms with Gasteiger partial charge in [0, 0.05) is 50.6 Å². The number of hydrogen-bond acceptors (Lipinski definition) is 6. The molecule has 1 fully saturated rings. The Bertz CT molecular complexity index is 884. The van der Waals surface area contributed by atoms with Gasteiger partial charge in [0.1, 0.15) is 5.01 Å². The highest BCUT2D eigenvalue weighted by atomic mass is 32.1. The topological polar surface area (TPSA) is 34.6 Å². The van der Waals surface area contributed by atoms with Crippen molar-refractivity contribution in [1.29, 1.82) is 0 Å². The first-order valence-electron chi connectivity index (χ1n) is 9.98. The number of hydrogen-bond donors (Lipinski definition) is 1. The summed E-state index contributed by atoms with van der Waals surface area (Å²) in [4.78, 5) is 12.1. The second-order valence-electron chi connectivity index (χ2n) is 7.62. The molecular weight excluding hydrogens is 366 g/mol. The predicted molar refractivity (Wildman–Crippen MR) is 121 cm³/mol. The van der Waals surface area contributed by atoms with Crippen LogP contribution in [0.4, 0.5) is 11.4 Å². The van der Waals surface area contributed by atoms with E-state index in [9.17, 15) is 0 Å². The Labute approximate surface area is 171 Å². The predicted octanol–water partition coefficient (Wildman–Crippen LogP) is 3.59. The number of benzene rings is 2. The fourth-order valence-corrected chi connectivity index (χ4v) is 4.56. The standard InChI is InChI=1S/C22H29N5S/c1-25(2)11-10-23-18-8-9-21-20(16-18)24-22(28-21)17-26-12-14-27(15-13-26)19-6-4-3-5-7-19/h3-9,16,23H,10-15,17H2,1-2H3. The fraction of sp³-hybridized carbons (Fsp3) is 0.409. The Balaban J connectivity index is 1.33. The lowest BCUT2D eigenvalue weighted by Crippen LogP contribution is -2.45. The van der Waals surface area contributed by atoms with Gasteiger partial charge in [-0.05, 0) is 44.4 Å². The second-order valence-corrected chi connectivity index (χ2v) is 8.73. The van der Waals surface area contributed by atoms with Crippen molar-refractivity contribution in [2.45, 2.75) is 6.54 Å². The molecule has 0 saturated carbocycles. The second kappa shape index (κ2) is 8.90. The summed E-state index contributed by atoms with van der Waals surface area (Å²) in [6.07, 6.45) is 0. The number of thiazole rings is 1. The third-order valence-electron chi connectivity index (χ3n) is 5.17. The average Bonchev–Trinajstić information content (AvgIpc) is 3.10. The lowest BCUT2D eigenvalue weighted by Gasteiger charge is -2.35. The van der Waals surface area contributed by atoms with E-state index in [1.165, 1.54) is 15.4 Å². The van der Waals surface area contributed by atoms with Crippen molar-refractivity contribution in [3.05, 3.63) is 53.5 Å². The van der Waals surface area contributed by atoms with Crippen molar-refractivity contribution in [1.82, 2.24) is 14.8 Å². The molecule has 0 amide bonds. The van der Waals surface area contributed by atoms with Crippen LogP contribution in [0.5, 0.6) is 0 Å². The van der Waals surface area contributed by atoms with E-state index in [1.807, 2.05) is 11.3 Å². The smallest absolute Gasteiger partial charge is 0.108 e. The number of para-hydroxylation sites is 1. The maximum atomic E-state index is 4.90. The summed E-state index contributed by atoms with van der Waals surface area (Å²) in [6.45, 7) is 7.25. The molecule has 4 rings (SSSR count). The quantitative estimate of drug-likeness (QED) is 0.661. The van der Waals surface area contributed by atoms with Crippen LogP contribution >= 0.6 is 11.3 Å². The molecule has 0 unspecified atom stereocenters. The van der Waals surface area contributed by atoms with Crippen molar-refractivity contribution in [3.63, 3.8) is 0 Å². The van der Waals surface area contributed by atoms with Crippen LogP contribution in [0.2, 0.25) is 0 Å². The van der Waals surface area contributed by atoms with Gasteiger partial charge in [-0.3, -0.25) is 4.90 Å². The van der Waals surface area contributed by atoms with Crippen molar-refractivity contribution < 1.29 is 0 Å². The highest BCUT2D eigenvalue weighted by molar-refractivity contribution is 7.18. The molecule has 0 atom stereocenters. The SMILES string of the molecule is CN(C)CCNc1ccc2sc(CN3CCN(c4ccccc4)CC3)nc2c1. The Morgan fingerprint density at radius 1 is 1.04 bits per heavy atom. The number of rotatable bonds is 7. The Kier molecular flexibility index (Phi) is 6.10. The third-order valence-corrected chi connectivity index (χ3v) is 6.19. The van der Waals surface area contributed by atoms with Gasteiger partial charge >= 0.3 is 0 Å². The van der Waals surface area contributed by atoms with E-state index >= 15 is 0 Å². The van der Waals surface area contributed by atoms with Gasteiger partial charge < -0.3 is 15.1 Å². The molecule has 1 saturated heterocycles. The van der Waals surface area contributed by atoms with Gasteiger partial charge in [-0.1, -0.05) is 18.2 Å². The van der Waals surface area contributed by atoms with Crippen LogP contribution in [-0.2, 0) is 6.54 Å². The molecule has 0 radical (unpaired) electrons. The minimum absolute atomic E-state index is 0.946. The van der Waals surface area contributed by atoms with Crippen molar-refractivity contribution >= 4 is 32.9 Å². The van der Waals surface area contributed by atoms with Gasteiger partial charge in [0.2, 0.25) is 0 Å². The lowest BCUT2D eigenvalue weighted by atomic mass is 10.2. The minimum atomic E-state index is 0.946. The normalized spacial score (nSPS) is 15.5. The molecule has 6 heteroatoms. The fourth-order valence-electron chi connectivity index (χ4n) is 3.57. The molecule has 0 bridgehead atoms.